The Hall–Kier alpha value is -4.14. The Kier molecular flexibility index (Phi) is 3.20. The third kappa shape index (κ3) is 3.52. The Morgan fingerprint density at radius 1 is 1.11 bits per heavy atom. The molecule has 0 spiro atoms. The number of carbonyl (C=O) groups is 2. The Morgan fingerprint density at radius 3 is 2.84 bits per heavy atom. The van der Waals surface area contributed by atoms with Gasteiger partial charge in [-0.3, -0.25) is 9.20 Å². The van der Waals surface area contributed by atoms with Gasteiger partial charge in [0, 0.05) is 69.7 Å². The Balaban J connectivity index is 1.32. The van der Waals surface area contributed by atoms with Gasteiger partial charge in [-0.25, -0.2) is 14.2 Å². The molecule has 3 aliphatic rings. The van der Waals surface area contributed by atoms with Crippen LogP contribution in [0.15, 0.2) is 48.9 Å². The van der Waals surface area contributed by atoms with E-state index in [-0.39, 0.29) is 35.9 Å². The molecule has 0 saturated carbocycles. The van der Waals surface area contributed by atoms with Crippen LogP contribution < -0.4 is 5.32 Å². The maximum Gasteiger partial charge on any atom is 0.320 e. The summed E-state index contributed by atoms with van der Waals surface area (Å²) in [6.45, 7) is -7.87. The van der Waals surface area contributed by atoms with E-state index >= 15 is 4.39 Å². The first-order valence-corrected chi connectivity index (χ1v) is 11.7. The van der Waals surface area contributed by atoms with E-state index in [4.69, 9.17) is 13.7 Å². The number of fused-ring (bicyclic) bond motifs is 1. The number of nitrogens with zero attached hydrogens (tertiary/aromatic N) is 5. The largest absolute Gasteiger partial charge is 0.375 e. The number of likely N-dealkylation sites (tertiary alicyclic amines) is 1. The quantitative estimate of drug-likeness (QED) is 0.446. The molecule has 8 nitrogen and oxygen atoms in total. The molecule has 1 saturated heterocycles. The second-order valence-electron chi connectivity index (χ2n) is 8.93. The van der Waals surface area contributed by atoms with E-state index in [2.05, 4.69) is 10.3 Å². The number of hydrogen-bond donors (Lipinski definition) is 1. The number of carbonyl (C=O) groups excluding carboxylic acids is 2. The molecule has 7 rings (SSSR count). The van der Waals surface area contributed by atoms with Gasteiger partial charge in [0.25, 0.3) is 0 Å². The van der Waals surface area contributed by atoms with Gasteiger partial charge in [0.15, 0.2) is 5.78 Å². The second-order valence-corrected chi connectivity index (χ2v) is 8.93. The minimum atomic E-state index is -3.67. The summed E-state index contributed by atoms with van der Waals surface area (Å²) < 4.78 is 101. The summed E-state index contributed by atoms with van der Waals surface area (Å²) in [5.41, 5.74) is 3.23. The minimum Gasteiger partial charge on any atom is -0.375 e. The third-order valence-corrected chi connectivity index (χ3v) is 6.81. The van der Waals surface area contributed by atoms with Gasteiger partial charge in [-0.2, -0.15) is 0 Å². The van der Waals surface area contributed by atoms with Crippen molar-refractivity contribution in [3.8, 4) is 0 Å². The number of hydrogen-bond acceptors (Lipinski definition) is 4. The summed E-state index contributed by atoms with van der Waals surface area (Å²) >= 11 is 0. The number of piperidine rings is 1. The predicted molar refractivity (Wildman–Crippen MR) is 138 cm³/mol. The lowest BCUT2D eigenvalue weighted by atomic mass is 9.99. The zero-order valence-electron chi connectivity index (χ0n) is 29.4. The van der Waals surface area contributed by atoms with Crippen molar-refractivity contribution in [3.63, 3.8) is 0 Å². The first-order chi connectivity index (χ1) is 21.8. The van der Waals surface area contributed by atoms with Crippen LogP contribution >= 0.6 is 0 Å². The van der Waals surface area contributed by atoms with Gasteiger partial charge >= 0.3 is 6.03 Å². The molecule has 2 amide bonds. The molecule has 1 N–H and O–H groups in total. The molecule has 3 aromatic heterocycles. The number of amides is 2. The summed E-state index contributed by atoms with van der Waals surface area (Å²) in [4.78, 5) is 32.4. The fraction of sp³-hybridized carbons (Fsp3) is 0.321. The van der Waals surface area contributed by atoms with E-state index in [9.17, 15) is 9.59 Å². The zero-order valence-corrected chi connectivity index (χ0v) is 19.4. The van der Waals surface area contributed by atoms with Crippen molar-refractivity contribution < 1.29 is 27.7 Å². The van der Waals surface area contributed by atoms with Gasteiger partial charge in [0.2, 0.25) is 0 Å². The summed E-state index contributed by atoms with van der Waals surface area (Å²) in [6.07, 6.45) is -5.93. The lowest BCUT2D eigenvalue weighted by Crippen LogP contribution is -2.45. The standard InChI is InChI=1S/C28H27FN6O2/c29-19-12-18-16-34(28(37)32-7-3-1-4-8-32)11-10-33-17-21(20(13-19)27(18)33)25-23(36)15-31-26(25)22-14-30-24-6-2-5-9-35(22)24/h2,5-6,9,12-14,17,31H,1,3-4,7-8,10-11,15-16H2/i1D2,3D2,4D2,7D2,8D2. The lowest BCUT2D eigenvalue weighted by molar-refractivity contribution is -0.112. The number of nitrogens with one attached hydrogen (secondary N) is 1. The number of imidazole rings is 1. The first kappa shape index (κ1) is 14.0. The number of Topliss-reactive ketones (excluding diaryl/α,β-unsaturated/α-hetero) is 1. The molecule has 0 radical (unpaired) electrons. The molecule has 1 fully saturated rings. The number of pyridine rings is 1. The Bertz CT molecular complexity index is 2030. The fourth-order valence-corrected chi connectivity index (χ4v) is 5.23. The van der Waals surface area contributed by atoms with Crippen LogP contribution in [0, 0.1) is 5.82 Å². The van der Waals surface area contributed by atoms with Crippen molar-refractivity contribution in [3.05, 3.63) is 71.6 Å². The van der Waals surface area contributed by atoms with Crippen LogP contribution in [0.1, 0.15) is 49.6 Å². The van der Waals surface area contributed by atoms with Gasteiger partial charge in [0.1, 0.15) is 11.5 Å². The minimum absolute atomic E-state index is 0.000594. The highest BCUT2D eigenvalue weighted by Crippen LogP contribution is 2.38. The number of urea groups is 1. The van der Waals surface area contributed by atoms with E-state index in [0.717, 1.165) is 11.0 Å². The smallest absolute Gasteiger partial charge is 0.320 e. The molecule has 188 valence electrons. The van der Waals surface area contributed by atoms with Crippen LogP contribution in [-0.4, -0.2) is 61.6 Å². The number of benzene rings is 1. The van der Waals surface area contributed by atoms with Crippen molar-refractivity contribution in [2.45, 2.75) is 32.2 Å². The van der Waals surface area contributed by atoms with E-state index in [1.165, 1.54) is 6.07 Å². The topological polar surface area (TPSA) is 74.9 Å². The van der Waals surface area contributed by atoms with Crippen molar-refractivity contribution in [1.82, 2.24) is 29.1 Å². The molecule has 0 aliphatic carbocycles. The monoisotopic (exact) mass is 508 g/mol. The molecule has 37 heavy (non-hydrogen) atoms. The predicted octanol–water partition coefficient (Wildman–Crippen LogP) is 3.89. The van der Waals surface area contributed by atoms with E-state index in [0.29, 0.717) is 39.1 Å². The Morgan fingerprint density at radius 2 is 1.97 bits per heavy atom. The molecule has 3 aliphatic heterocycles. The average Bonchev–Trinajstić information content (AvgIpc) is 3.64. The van der Waals surface area contributed by atoms with Crippen LogP contribution in [0.2, 0.25) is 0 Å². The van der Waals surface area contributed by atoms with E-state index in [1.54, 1.807) is 23.2 Å². The van der Waals surface area contributed by atoms with Crippen LogP contribution in [0.25, 0.3) is 27.8 Å². The molecule has 0 unspecified atom stereocenters. The van der Waals surface area contributed by atoms with Gasteiger partial charge < -0.3 is 19.7 Å². The molecule has 0 atom stereocenters. The van der Waals surface area contributed by atoms with Crippen LogP contribution in [0.4, 0.5) is 9.18 Å². The first-order valence-electron chi connectivity index (χ1n) is 16.7. The normalized spacial score (nSPS) is 28.9. The lowest BCUT2D eigenvalue weighted by Gasteiger charge is -2.32. The van der Waals surface area contributed by atoms with Crippen molar-refractivity contribution in [2.24, 2.45) is 0 Å². The summed E-state index contributed by atoms with van der Waals surface area (Å²) in [6, 6.07) is 6.45. The summed E-state index contributed by atoms with van der Waals surface area (Å²) in [5.74, 6) is -0.941. The maximum atomic E-state index is 15.3. The second kappa shape index (κ2) is 8.47. The van der Waals surface area contributed by atoms with Crippen molar-refractivity contribution in [2.75, 3.05) is 26.1 Å². The van der Waals surface area contributed by atoms with E-state index < -0.39 is 50.5 Å². The van der Waals surface area contributed by atoms with Crippen LogP contribution in [-0.2, 0) is 17.9 Å². The zero-order chi connectivity index (χ0) is 34.1. The SMILES string of the molecule is [2H]C1([2H])N(C(=O)N2CCn3cc(C4=C(c5cnc6ccccn56)NCC4=O)c4cc(F)cc(c43)C2)C([2H])([2H])C([2H])([2H])C([2H])([2H])C1([2H])[2H]. The molecular formula is C28H27FN6O2. The highest BCUT2D eigenvalue weighted by Gasteiger charge is 2.32. The van der Waals surface area contributed by atoms with E-state index in [1.807, 2.05) is 22.6 Å². The van der Waals surface area contributed by atoms with Gasteiger partial charge in [-0.05, 0) is 48.9 Å². The number of ketones is 1. The highest BCUT2D eigenvalue weighted by molar-refractivity contribution is 6.33. The summed E-state index contributed by atoms with van der Waals surface area (Å²) in [5, 5.41) is 3.50. The number of aromatic nitrogens is 3. The van der Waals surface area contributed by atoms with Crippen molar-refractivity contribution in [1.29, 1.82) is 0 Å². The van der Waals surface area contributed by atoms with Crippen molar-refractivity contribution >= 4 is 39.6 Å². The van der Waals surface area contributed by atoms with Gasteiger partial charge in [-0.1, -0.05) is 6.07 Å². The maximum absolute atomic E-state index is 15.3. The molecule has 9 heteroatoms. The number of halogens is 1. The summed E-state index contributed by atoms with van der Waals surface area (Å²) in [7, 11) is 0. The molecular weight excluding hydrogens is 471 g/mol. The average molecular weight is 509 g/mol. The third-order valence-electron chi connectivity index (χ3n) is 6.81. The van der Waals surface area contributed by atoms with Gasteiger partial charge in [0.05, 0.1) is 35.2 Å². The molecule has 1 aromatic carbocycles. The van der Waals surface area contributed by atoms with Crippen LogP contribution in [0.3, 0.4) is 0 Å². The highest BCUT2D eigenvalue weighted by atomic mass is 19.1. The molecule has 0 bridgehead atoms. The Labute approximate surface area is 227 Å². The molecule has 4 aromatic rings. The fourth-order valence-electron chi connectivity index (χ4n) is 5.23. The van der Waals surface area contributed by atoms with Gasteiger partial charge in [-0.15, -0.1) is 0 Å². The number of rotatable bonds is 2. The van der Waals surface area contributed by atoms with Crippen LogP contribution in [0.5, 0.6) is 0 Å². The molecule has 6 heterocycles.